The first-order chi connectivity index (χ1) is 26.2. The van der Waals surface area contributed by atoms with Crippen LogP contribution in [-0.4, -0.2) is 11.6 Å². The second kappa shape index (κ2) is 12.7. The molecule has 0 atom stereocenters. The number of rotatable bonds is 3. The summed E-state index contributed by atoms with van der Waals surface area (Å²) in [6.07, 6.45) is 5.05. The van der Waals surface area contributed by atoms with Crippen LogP contribution in [0.25, 0.3) is 38.7 Å². The summed E-state index contributed by atoms with van der Waals surface area (Å²) in [7, 11) is 0. The Morgan fingerprint density at radius 1 is 0.611 bits per heavy atom. The number of Topliss-reactive ketones (excluding diaryl/α,β-unsaturated/α-hetero) is 2. The van der Waals surface area contributed by atoms with E-state index in [2.05, 4.69) is 124 Å². The SMILES string of the molecule is C=CC=C.Cc1c2c(cc3ccccc13)N(c1ccc3c(c1)C(C)(C)c1ccccc1-3)c1ccc(C=C3C(=O)c4cc5ccccc5cc4C3=O)cc1S2. The van der Waals surface area contributed by atoms with Crippen LogP contribution in [0, 0.1) is 6.92 Å². The fourth-order valence-electron chi connectivity index (χ4n) is 8.33. The fraction of sp³-hybridized carbons (Fsp3) is 0.0800. The first-order valence-electron chi connectivity index (χ1n) is 18.2. The summed E-state index contributed by atoms with van der Waals surface area (Å²) >= 11 is 1.76. The van der Waals surface area contributed by atoms with Gasteiger partial charge in [-0.3, -0.25) is 9.59 Å². The molecule has 0 spiro atoms. The molecule has 0 radical (unpaired) electrons. The zero-order valence-electron chi connectivity index (χ0n) is 30.4. The van der Waals surface area contributed by atoms with E-state index in [1.54, 1.807) is 30.0 Å². The molecular weight excluding hydrogens is 679 g/mol. The van der Waals surface area contributed by atoms with Crippen molar-refractivity contribution >= 4 is 68.0 Å². The van der Waals surface area contributed by atoms with Gasteiger partial charge in [-0.25, -0.2) is 0 Å². The van der Waals surface area contributed by atoms with E-state index in [-0.39, 0.29) is 22.6 Å². The number of benzene rings is 7. The van der Waals surface area contributed by atoms with Crippen molar-refractivity contribution in [1.29, 1.82) is 0 Å². The molecule has 260 valence electrons. The van der Waals surface area contributed by atoms with Crippen LogP contribution in [0.15, 0.2) is 168 Å². The molecule has 0 unspecified atom stereocenters. The Bertz CT molecular complexity index is 2760. The molecule has 0 saturated heterocycles. The van der Waals surface area contributed by atoms with Crippen LogP contribution >= 0.6 is 11.8 Å². The van der Waals surface area contributed by atoms with Gasteiger partial charge in [0.05, 0.1) is 16.9 Å². The zero-order valence-corrected chi connectivity index (χ0v) is 31.3. The van der Waals surface area contributed by atoms with Crippen LogP contribution in [0.2, 0.25) is 0 Å². The van der Waals surface area contributed by atoms with E-state index in [0.29, 0.717) is 11.1 Å². The number of allylic oxidation sites excluding steroid dienone is 3. The highest BCUT2D eigenvalue weighted by molar-refractivity contribution is 7.99. The van der Waals surface area contributed by atoms with E-state index in [1.807, 2.05) is 42.5 Å². The number of hydrogen-bond donors (Lipinski definition) is 0. The van der Waals surface area contributed by atoms with Crippen LogP contribution in [-0.2, 0) is 5.41 Å². The van der Waals surface area contributed by atoms with Gasteiger partial charge in [-0.15, -0.1) is 0 Å². The number of carbonyl (C=O) groups is 2. The van der Waals surface area contributed by atoms with E-state index in [9.17, 15) is 9.59 Å². The Morgan fingerprint density at radius 3 is 1.94 bits per heavy atom. The van der Waals surface area contributed by atoms with Crippen molar-refractivity contribution in [2.24, 2.45) is 0 Å². The van der Waals surface area contributed by atoms with E-state index < -0.39 is 0 Å². The average Bonchev–Trinajstić information content (AvgIpc) is 3.57. The Morgan fingerprint density at radius 2 is 1.24 bits per heavy atom. The molecule has 2 aliphatic carbocycles. The van der Waals surface area contributed by atoms with E-state index >= 15 is 0 Å². The molecule has 1 heterocycles. The topological polar surface area (TPSA) is 37.4 Å². The van der Waals surface area contributed by atoms with Crippen LogP contribution in [0.5, 0.6) is 0 Å². The monoisotopic (exact) mass is 715 g/mol. The van der Waals surface area contributed by atoms with Gasteiger partial charge in [0.15, 0.2) is 11.6 Å². The molecule has 3 aliphatic rings. The lowest BCUT2D eigenvalue weighted by molar-refractivity contribution is 0.0990. The van der Waals surface area contributed by atoms with Crippen molar-refractivity contribution in [3.05, 3.63) is 192 Å². The Hall–Kier alpha value is -6.23. The largest absolute Gasteiger partial charge is 0.308 e. The van der Waals surface area contributed by atoms with Gasteiger partial charge in [0, 0.05) is 32.0 Å². The van der Waals surface area contributed by atoms with Crippen molar-refractivity contribution in [3.8, 4) is 11.1 Å². The number of aryl methyl sites for hydroxylation is 1. The molecule has 10 rings (SSSR count). The smallest absolute Gasteiger partial charge is 0.197 e. The maximum atomic E-state index is 13.6. The molecule has 54 heavy (non-hydrogen) atoms. The Kier molecular flexibility index (Phi) is 7.91. The van der Waals surface area contributed by atoms with Crippen molar-refractivity contribution in [1.82, 2.24) is 0 Å². The molecule has 4 heteroatoms. The van der Waals surface area contributed by atoms with Gasteiger partial charge < -0.3 is 4.90 Å². The standard InChI is InChI=1S/C46H31NO2S.C4H6/c1-26-32-13-7-6-12-30(32)24-41-45(26)50-42-21-27(20-37-43(48)35-22-28-10-4-5-11-29(28)23-36(35)44(37)49)16-19-40(42)47(41)31-17-18-34-33-14-8-9-15-38(33)46(2,3)39(34)25-31;1-3-4-2/h4-25H,1-3H3;3-4H,1-2H2. The summed E-state index contributed by atoms with van der Waals surface area (Å²) in [6.45, 7) is 13.6. The minimum Gasteiger partial charge on any atom is -0.308 e. The Labute approximate surface area is 320 Å². The molecule has 0 N–H and O–H groups in total. The maximum absolute atomic E-state index is 13.6. The van der Waals surface area contributed by atoms with Crippen molar-refractivity contribution < 1.29 is 9.59 Å². The molecule has 0 aromatic heterocycles. The summed E-state index contributed by atoms with van der Waals surface area (Å²) in [6, 6.07) is 44.4. The van der Waals surface area contributed by atoms with Gasteiger partial charge in [-0.1, -0.05) is 136 Å². The van der Waals surface area contributed by atoms with E-state index in [4.69, 9.17) is 0 Å². The van der Waals surface area contributed by atoms with Crippen molar-refractivity contribution in [2.75, 3.05) is 4.90 Å². The molecule has 0 amide bonds. The normalized spacial score (nSPS) is 14.4. The van der Waals surface area contributed by atoms with E-state index in [1.165, 1.54) is 43.5 Å². The second-order valence-corrected chi connectivity index (χ2v) is 15.6. The highest BCUT2D eigenvalue weighted by atomic mass is 32.2. The molecule has 0 bridgehead atoms. The third-order valence-electron chi connectivity index (χ3n) is 11.1. The number of fused-ring (bicyclic) bond motifs is 8. The Balaban J connectivity index is 0.000000918. The minimum absolute atomic E-state index is 0.128. The first kappa shape index (κ1) is 33.6. The molecule has 7 aromatic carbocycles. The van der Waals surface area contributed by atoms with Gasteiger partial charge in [0.1, 0.15) is 0 Å². The molecule has 0 fully saturated rings. The summed E-state index contributed by atoms with van der Waals surface area (Å²) in [5, 5.41) is 4.36. The summed E-state index contributed by atoms with van der Waals surface area (Å²) in [5.41, 5.74) is 11.7. The summed E-state index contributed by atoms with van der Waals surface area (Å²) in [5.74, 6) is -0.422. The number of anilines is 3. The number of hydrogen-bond acceptors (Lipinski definition) is 4. The van der Waals surface area contributed by atoms with Gasteiger partial charge in [0.2, 0.25) is 0 Å². The third kappa shape index (κ3) is 5.13. The fourth-order valence-corrected chi connectivity index (χ4v) is 9.53. The third-order valence-corrected chi connectivity index (χ3v) is 12.3. The lowest BCUT2D eigenvalue weighted by Crippen LogP contribution is -2.18. The molecule has 3 nitrogen and oxygen atoms in total. The molecular formula is C50H37NO2S. The number of carbonyl (C=O) groups excluding carboxylic acids is 2. The van der Waals surface area contributed by atoms with Crippen molar-refractivity contribution in [3.63, 3.8) is 0 Å². The maximum Gasteiger partial charge on any atom is 0.197 e. The van der Waals surface area contributed by atoms with Crippen LogP contribution in [0.3, 0.4) is 0 Å². The van der Waals surface area contributed by atoms with Gasteiger partial charge >= 0.3 is 0 Å². The molecule has 7 aromatic rings. The quantitative estimate of drug-likeness (QED) is 0.104. The predicted molar refractivity (Wildman–Crippen MR) is 226 cm³/mol. The average molecular weight is 716 g/mol. The van der Waals surface area contributed by atoms with Crippen molar-refractivity contribution in [2.45, 2.75) is 36.0 Å². The van der Waals surface area contributed by atoms with Gasteiger partial charge in [-0.05, 0) is 110 Å². The number of nitrogens with zero attached hydrogens (tertiary/aromatic N) is 1. The zero-order chi connectivity index (χ0) is 37.3. The van der Waals surface area contributed by atoms with Gasteiger partial charge in [-0.2, -0.15) is 0 Å². The van der Waals surface area contributed by atoms with Gasteiger partial charge in [0.25, 0.3) is 0 Å². The summed E-state index contributed by atoms with van der Waals surface area (Å²) in [4.78, 5) is 32.0. The number of ketones is 2. The van der Waals surface area contributed by atoms with Crippen LogP contribution < -0.4 is 4.90 Å². The molecule has 1 aliphatic heterocycles. The highest BCUT2D eigenvalue weighted by Crippen LogP contribution is 2.56. The molecule has 0 saturated carbocycles. The van der Waals surface area contributed by atoms with Crippen LogP contribution in [0.4, 0.5) is 17.1 Å². The van der Waals surface area contributed by atoms with E-state index in [0.717, 1.165) is 38.3 Å². The lowest BCUT2D eigenvalue weighted by Gasteiger charge is -2.35. The second-order valence-electron chi connectivity index (χ2n) is 14.6. The predicted octanol–water partition coefficient (Wildman–Crippen LogP) is 13.4. The lowest BCUT2D eigenvalue weighted by atomic mass is 9.82. The first-order valence-corrected chi connectivity index (χ1v) is 19.0. The summed E-state index contributed by atoms with van der Waals surface area (Å²) < 4.78 is 0. The minimum atomic E-state index is -0.211. The van der Waals surface area contributed by atoms with Crippen LogP contribution in [0.1, 0.15) is 56.8 Å². The highest BCUT2D eigenvalue weighted by Gasteiger charge is 2.37.